The monoisotopic (exact) mass is 243 g/mol. The third-order valence-electron chi connectivity index (χ3n) is 1.67. The summed E-state index contributed by atoms with van der Waals surface area (Å²) >= 11 is 0. The standard InChI is InChI=1S/C9H11NO3S.C2H6/c1-7-5-3-4-6-8(7)9(11)10-14(2,12)13;1-2/h3-6H,1-2H3,(H,10,11);1-2H3. The van der Waals surface area contributed by atoms with E-state index in [1.165, 1.54) is 0 Å². The fraction of sp³-hybridized carbons (Fsp3) is 0.364. The third-order valence-corrected chi connectivity index (χ3v) is 2.22. The highest BCUT2D eigenvalue weighted by Crippen LogP contribution is 2.06. The van der Waals surface area contributed by atoms with Gasteiger partial charge in [0.1, 0.15) is 0 Å². The van der Waals surface area contributed by atoms with Gasteiger partial charge >= 0.3 is 0 Å². The summed E-state index contributed by atoms with van der Waals surface area (Å²) in [5.74, 6) is -0.592. The highest BCUT2D eigenvalue weighted by atomic mass is 32.2. The van der Waals surface area contributed by atoms with Gasteiger partial charge in [-0.1, -0.05) is 32.0 Å². The van der Waals surface area contributed by atoms with Crippen molar-refractivity contribution in [3.8, 4) is 0 Å². The summed E-state index contributed by atoms with van der Waals surface area (Å²) in [6.45, 7) is 5.75. The van der Waals surface area contributed by atoms with Gasteiger partial charge in [-0.05, 0) is 18.6 Å². The SMILES string of the molecule is CC.Cc1ccccc1C(=O)NS(C)(=O)=O. The Balaban J connectivity index is 0.00000106. The molecule has 90 valence electrons. The van der Waals surface area contributed by atoms with Crippen molar-refractivity contribution >= 4 is 15.9 Å². The molecule has 0 aliphatic heterocycles. The van der Waals surface area contributed by atoms with Crippen LogP contribution in [0.25, 0.3) is 0 Å². The van der Waals surface area contributed by atoms with E-state index < -0.39 is 15.9 Å². The molecule has 0 aliphatic rings. The molecule has 0 heterocycles. The smallest absolute Gasteiger partial charge is 0.264 e. The van der Waals surface area contributed by atoms with Gasteiger partial charge in [-0.2, -0.15) is 0 Å². The van der Waals surface area contributed by atoms with Crippen molar-refractivity contribution < 1.29 is 13.2 Å². The number of amides is 1. The molecule has 0 aliphatic carbocycles. The highest BCUT2D eigenvalue weighted by molar-refractivity contribution is 7.89. The zero-order valence-corrected chi connectivity index (χ0v) is 10.8. The largest absolute Gasteiger partial charge is 0.268 e. The summed E-state index contributed by atoms with van der Waals surface area (Å²) in [6, 6.07) is 6.80. The first-order valence-electron chi connectivity index (χ1n) is 4.98. The maximum absolute atomic E-state index is 11.4. The fourth-order valence-corrected chi connectivity index (χ4v) is 1.50. The van der Waals surface area contributed by atoms with Crippen LogP contribution in [-0.2, 0) is 10.0 Å². The van der Waals surface area contributed by atoms with Crippen LogP contribution in [0.15, 0.2) is 24.3 Å². The minimum absolute atomic E-state index is 0.373. The molecule has 0 bridgehead atoms. The molecule has 1 N–H and O–H groups in total. The second kappa shape index (κ2) is 6.27. The number of nitrogens with one attached hydrogen (secondary N) is 1. The van der Waals surface area contributed by atoms with Crippen LogP contribution < -0.4 is 4.72 Å². The van der Waals surface area contributed by atoms with Gasteiger partial charge in [-0.15, -0.1) is 0 Å². The zero-order valence-electron chi connectivity index (χ0n) is 9.94. The van der Waals surface area contributed by atoms with E-state index in [-0.39, 0.29) is 0 Å². The Bertz CT molecular complexity index is 452. The third kappa shape index (κ3) is 4.93. The Morgan fingerprint density at radius 1 is 1.19 bits per heavy atom. The number of carbonyl (C=O) groups is 1. The number of benzene rings is 1. The molecule has 4 nitrogen and oxygen atoms in total. The van der Waals surface area contributed by atoms with Gasteiger partial charge in [0.25, 0.3) is 5.91 Å². The Morgan fingerprint density at radius 2 is 1.69 bits per heavy atom. The quantitative estimate of drug-likeness (QED) is 0.860. The summed E-state index contributed by atoms with van der Waals surface area (Å²) < 4.78 is 23.5. The second-order valence-electron chi connectivity index (χ2n) is 3.02. The van der Waals surface area contributed by atoms with Crippen LogP contribution in [0.2, 0.25) is 0 Å². The minimum atomic E-state index is -3.49. The number of hydrogen-bond donors (Lipinski definition) is 1. The first-order valence-corrected chi connectivity index (χ1v) is 6.87. The van der Waals surface area contributed by atoms with Gasteiger partial charge in [-0.25, -0.2) is 13.1 Å². The van der Waals surface area contributed by atoms with E-state index in [1.807, 2.05) is 18.6 Å². The summed E-state index contributed by atoms with van der Waals surface area (Å²) in [7, 11) is -3.49. The molecule has 0 radical (unpaired) electrons. The van der Waals surface area contributed by atoms with Crippen molar-refractivity contribution in [2.75, 3.05) is 6.26 Å². The van der Waals surface area contributed by atoms with Crippen molar-refractivity contribution in [3.63, 3.8) is 0 Å². The van der Waals surface area contributed by atoms with Crippen LogP contribution in [0.3, 0.4) is 0 Å². The van der Waals surface area contributed by atoms with Crippen LogP contribution in [0.4, 0.5) is 0 Å². The molecule has 1 amide bonds. The van der Waals surface area contributed by atoms with Crippen LogP contribution in [0.1, 0.15) is 29.8 Å². The zero-order chi connectivity index (χ0) is 12.8. The number of sulfonamides is 1. The Labute approximate surface area is 96.7 Å². The lowest BCUT2D eigenvalue weighted by molar-refractivity contribution is 0.0981. The molecule has 0 aromatic heterocycles. The summed E-state index contributed by atoms with van der Waals surface area (Å²) in [4.78, 5) is 11.4. The Kier molecular flexibility index (Phi) is 5.74. The van der Waals surface area contributed by atoms with Crippen LogP contribution >= 0.6 is 0 Å². The van der Waals surface area contributed by atoms with Crippen LogP contribution in [0, 0.1) is 6.92 Å². The maximum Gasteiger partial charge on any atom is 0.264 e. The highest BCUT2D eigenvalue weighted by Gasteiger charge is 2.12. The normalized spacial score (nSPS) is 10.0. The maximum atomic E-state index is 11.4. The van der Waals surface area contributed by atoms with Gasteiger partial charge < -0.3 is 0 Å². The van der Waals surface area contributed by atoms with E-state index >= 15 is 0 Å². The molecule has 0 fully saturated rings. The topological polar surface area (TPSA) is 63.2 Å². The lowest BCUT2D eigenvalue weighted by Crippen LogP contribution is -2.29. The van der Waals surface area contributed by atoms with Crippen LogP contribution in [-0.4, -0.2) is 20.6 Å². The van der Waals surface area contributed by atoms with Gasteiger partial charge in [0.05, 0.1) is 6.26 Å². The molecule has 1 aromatic rings. The van der Waals surface area contributed by atoms with Gasteiger partial charge in [0.15, 0.2) is 0 Å². The summed E-state index contributed by atoms with van der Waals surface area (Å²) in [5.41, 5.74) is 1.12. The molecular formula is C11H17NO3S. The van der Waals surface area contributed by atoms with E-state index in [0.29, 0.717) is 5.56 Å². The predicted octanol–water partition coefficient (Wildman–Crippen LogP) is 1.71. The number of hydrogen-bond acceptors (Lipinski definition) is 3. The van der Waals surface area contributed by atoms with E-state index in [0.717, 1.165) is 11.8 Å². The molecule has 0 saturated heterocycles. The van der Waals surface area contributed by atoms with Crippen molar-refractivity contribution in [2.24, 2.45) is 0 Å². The molecular weight excluding hydrogens is 226 g/mol. The van der Waals surface area contributed by atoms with E-state index in [9.17, 15) is 13.2 Å². The van der Waals surface area contributed by atoms with Gasteiger partial charge in [0.2, 0.25) is 10.0 Å². The number of carbonyl (C=O) groups excluding carboxylic acids is 1. The Morgan fingerprint density at radius 3 is 2.12 bits per heavy atom. The average molecular weight is 243 g/mol. The molecule has 0 spiro atoms. The van der Waals surface area contributed by atoms with E-state index in [4.69, 9.17) is 0 Å². The first-order chi connectivity index (χ1) is 7.40. The lowest BCUT2D eigenvalue weighted by atomic mass is 10.1. The fourth-order valence-electron chi connectivity index (χ4n) is 1.05. The summed E-state index contributed by atoms with van der Waals surface area (Å²) in [5, 5.41) is 0. The molecule has 0 saturated carbocycles. The molecule has 0 atom stereocenters. The summed E-state index contributed by atoms with van der Waals surface area (Å²) in [6.07, 6.45) is 0.948. The van der Waals surface area contributed by atoms with Crippen molar-refractivity contribution in [1.82, 2.24) is 4.72 Å². The average Bonchev–Trinajstić information content (AvgIpc) is 2.18. The van der Waals surface area contributed by atoms with Crippen molar-refractivity contribution in [3.05, 3.63) is 35.4 Å². The van der Waals surface area contributed by atoms with Crippen molar-refractivity contribution in [1.29, 1.82) is 0 Å². The van der Waals surface area contributed by atoms with Crippen molar-refractivity contribution in [2.45, 2.75) is 20.8 Å². The second-order valence-corrected chi connectivity index (χ2v) is 4.77. The van der Waals surface area contributed by atoms with E-state index in [1.54, 1.807) is 31.2 Å². The minimum Gasteiger partial charge on any atom is -0.268 e. The number of rotatable bonds is 2. The molecule has 0 unspecified atom stereocenters. The molecule has 1 rings (SSSR count). The lowest BCUT2D eigenvalue weighted by Gasteiger charge is -2.04. The molecule has 16 heavy (non-hydrogen) atoms. The number of aryl methyl sites for hydroxylation is 1. The Hall–Kier alpha value is -1.36. The molecule has 5 heteroatoms. The van der Waals surface area contributed by atoms with Gasteiger partial charge in [0, 0.05) is 5.56 Å². The van der Waals surface area contributed by atoms with E-state index in [2.05, 4.69) is 0 Å². The van der Waals surface area contributed by atoms with Gasteiger partial charge in [-0.3, -0.25) is 4.79 Å². The van der Waals surface area contributed by atoms with Crippen LogP contribution in [0.5, 0.6) is 0 Å². The molecule has 1 aromatic carbocycles. The first kappa shape index (κ1) is 14.6. The predicted molar refractivity (Wildman–Crippen MR) is 64.8 cm³/mol.